The number of hydrogen-bond donors (Lipinski definition) is 0. The van der Waals surface area contributed by atoms with Gasteiger partial charge in [0.05, 0.1) is 6.42 Å². The van der Waals surface area contributed by atoms with Crippen molar-refractivity contribution in [2.75, 3.05) is 0 Å². The number of halogens is 4. The molecule has 0 nitrogen and oxygen atoms in total. The van der Waals surface area contributed by atoms with E-state index in [1.54, 1.807) is 6.92 Å². The first-order chi connectivity index (χ1) is 4.77. The second-order valence-corrected chi connectivity index (χ2v) is 5.56. The monoisotopic (exact) mass is 280 g/mol. The van der Waals surface area contributed by atoms with Crippen LogP contribution in [0.2, 0.25) is 0 Å². The van der Waals surface area contributed by atoms with Gasteiger partial charge in [0.15, 0.2) is 0 Å². The van der Waals surface area contributed by atoms with Crippen LogP contribution in [0.15, 0.2) is 0 Å². The zero-order valence-corrected chi connectivity index (χ0v) is 8.79. The van der Waals surface area contributed by atoms with Crippen molar-refractivity contribution in [3.05, 3.63) is 0 Å². The van der Waals surface area contributed by atoms with Crippen molar-refractivity contribution in [3.8, 4) is 0 Å². The summed E-state index contributed by atoms with van der Waals surface area (Å²) in [4.78, 5) is 0. The van der Waals surface area contributed by atoms with Crippen LogP contribution in [0.1, 0.15) is 33.1 Å². The molecule has 0 bridgehead atoms. The van der Waals surface area contributed by atoms with Gasteiger partial charge in [0.1, 0.15) is 0 Å². The molecule has 0 radical (unpaired) electrons. The molecule has 0 aliphatic rings. The van der Waals surface area contributed by atoms with Gasteiger partial charge in [-0.05, 0) is 6.42 Å². The fraction of sp³-hybridized carbons (Fsp3) is 1.00. The van der Waals surface area contributed by atoms with E-state index in [9.17, 15) is 13.2 Å². The standard InChI is InChI=1S/C7H12F3I/c1-3-4-6(2,11)5-7(8,9)10/h3-5H2,1-2H3. The molecule has 0 aromatic carbocycles. The van der Waals surface area contributed by atoms with Crippen molar-refractivity contribution in [2.24, 2.45) is 0 Å². The summed E-state index contributed by atoms with van der Waals surface area (Å²) in [5.41, 5.74) is 0. The van der Waals surface area contributed by atoms with Crippen LogP contribution in [0.4, 0.5) is 13.2 Å². The fourth-order valence-electron chi connectivity index (χ4n) is 1.03. The van der Waals surface area contributed by atoms with E-state index < -0.39 is 16.0 Å². The van der Waals surface area contributed by atoms with Gasteiger partial charge >= 0.3 is 6.18 Å². The number of alkyl halides is 4. The van der Waals surface area contributed by atoms with Crippen LogP contribution in [0.25, 0.3) is 0 Å². The molecule has 0 aliphatic heterocycles. The Bertz CT molecular complexity index is 117. The highest BCUT2D eigenvalue weighted by molar-refractivity contribution is 14.1. The summed E-state index contributed by atoms with van der Waals surface area (Å²) in [7, 11) is 0. The molecule has 0 fully saturated rings. The number of rotatable bonds is 3. The van der Waals surface area contributed by atoms with E-state index in [1.165, 1.54) is 0 Å². The van der Waals surface area contributed by atoms with Crippen molar-refractivity contribution < 1.29 is 13.2 Å². The van der Waals surface area contributed by atoms with Crippen LogP contribution in [-0.4, -0.2) is 9.60 Å². The molecule has 11 heavy (non-hydrogen) atoms. The normalized spacial score (nSPS) is 18.0. The van der Waals surface area contributed by atoms with E-state index in [1.807, 2.05) is 29.5 Å². The number of hydrogen-bond acceptors (Lipinski definition) is 0. The molecular weight excluding hydrogens is 268 g/mol. The lowest BCUT2D eigenvalue weighted by Crippen LogP contribution is -2.24. The molecule has 0 aliphatic carbocycles. The summed E-state index contributed by atoms with van der Waals surface area (Å²) in [6.45, 7) is 3.54. The van der Waals surface area contributed by atoms with E-state index >= 15 is 0 Å². The van der Waals surface area contributed by atoms with Gasteiger partial charge in [-0.25, -0.2) is 0 Å². The highest BCUT2D eigenvalue weighted by Crippen LogP contribution is 2.36. The van der Waals surface area contributed by atoms with E-state index in [2.05, 4.69) is 0 Å². The first-order valence-corrected chi connectivity index (χ1v) is 4.60. The maximum Gasteiger partial charge on any atom is 0.390 e. The first kappa shape index (κ1) is 11.5. The SMILES string of the molecule is CCCC(C)(I)CC(F)(F)F. The first-order valence-electron chi connectivity index (χ1n) is 3.52. The average molecular weight is 280 g/mol. The summed E-state index contributed by atoms with van der Waals surface area (Å²) < 4.78 is 35.0. The van der Waals surface area contributed by atoms with Crippen LogP contribution < -0.4 is 0 Å². The minimum absolute atomic E-state index is 0.618. The zero-order chi connectivity index (χ0) is 9.12. The molecular formula is C7H12F3I. The van der Waals surface area contributed by atoms with Crippen molar-refractivity contribution in [2.45, 2.75) is 42.7 Å². The Kier molecular flexibility index (Phi) is 4.15. The highest BCUT2D eigenvalue weighted by atomic mass is 127. The molecule has 0 spiro atoms. The van der Waals surface area contributed by atoms with Gasteiger partial charge in [-0.2, -0.15) is 13.2 Å². The fourth-order valence-corrected chi connectivity index (χ4v) is 2.00. The quantitative estimate of drug-likeness (QED) is 0.542. The summed E-state index contributed by atoms with van der Waals surface area (Å²) in [5, 5.41) is 0. The Hall–Kier alpha value is 0.520. The van der Waals surface area contributed by atoms with Crippen LogP contribution in [0.3, 0.4) is 0 Å². The Morgan fingerprint density at radius 2 is 1.73 bits per heavy atom. The molecule has 0 heterocycles. The van der Waals surface area contributed by atoms with Crippen molar-refractivity contribution in [1.29, 1.82) is 0 Å². The van der Waals surface area contributed by atoms with Gasteiger partial charge in [-0.1, -0.05) is 42.9 Å². The van der Waals surface area contributed by atoms with Gasteiger partial charge in [0.25, 0.3) is 0 Å². The zero-order valence-electron chi connectivity index (χ0n) is 6.63. The summed E-state index contributed by atoms with van der Waals surface area (Å²) >= 11 is 1.88. The third-order valence-corrected chi connectivity index (χ3v) is 2.26. The molecule has 4 heteroatoms. The van der Waals surface area contributed by atoms with Gasteiger partial charge in [0, 0.05) is 3.42 Å². The van der Waals surface area contributed by atoms with E-state index in [0.29, 0.717) is 6.42 Å². The molecule has 1 atom stereocenters. The second-order valence-electron chi connectivity index (χ2n) is 2.96. The smallest absolute Gasteiger partial charge is 0.171 e. The minimum Gasteiger partial charge on any atom is -0.171 e. The lowest BCUT2D eigenvalue weighted by atomic mass is 10.0. The van der Waals surface area contributed by atoms with E-state index in [4.69, 9.17) is 0 Å². The third kappa shape index (κ3) is 6.90. The Morgan fingerprint density at radius 3 is 2.00 bits per heavy atom. The topological polar surface area (TPSA) is 0 Å². The van der Waals surface area contributed by atoms with Crippen molar-refractivity contribution in [3.63, 3.8) is 0 Å². The van der Waals surface area contributed by atoms with Crippen molar-refractivity contribution in [1.82, 2.24) is 0 Å². The molecule has 0 amide bonds. The van der Waals surface area contributed by atoms with Gasteiger partial charge < -0.3 is 0 Å². The summed E-state index contributed by atoms with van der Waals surface area (Å²) in [6.07, 6.45) is -3.29. The lowest BCUT2D eigenvalue weighted by Gasteiger charge is -2.22. The highest BCUT2D eigenvalue weighted by Gasteiger charge is 2.36. The average Bonchev–Trinajstić information content (AvgIpc) is 1.55. The minimum atomic E-state index is -4.02. The van der Waals surface area contributed by atoms with Gasteiger partial charge in [-0.15, -0.1) is 0 Å². The summed E-state index contributed by atoms with van der Waals surface area (Å²) in [5.74, 6) is 0. The molecule has 0 aromatic heterocycles. The predicted molar refractivity (Wildman–Crippen MR) is 48.0 cm³/mol. The molecule has 1 unspecified atom stereocenters. The maximum absolute atomic E-state index is 11.9. The summed E-state index contributed by atoms with van der Waals surface area (Å²) in [6, 6.07) is 0. The van der Waals surface area contributed by atoms with Crippen LogP contribution >= 0.6 is 22.6 Å². The maximum atomic E-state index is 11.9. The van der Waals surface area contributed by atoms with Crippen LogP contribution in [0, 0.1) is 0 Å². The largest absolute Gasteiger partial charge is 0.390 e. The Labute approximate surface area is 78.7 Å². The second kappa shape index (κ2) is 3.96. The van der Waals surface area contributed by atoms with Crippen LogP contribution in [0.5, 0.6) is 0 Å². The molecule has 0 N–H and O–H groups in total. The van der Waals surface area contributed by atoms with Gasteiger partial charge in [-0.3, -0.25) is 0 Å². The Balaban J connectivity index is 3.91. The Morgan fingerprint density at radius 1 is 1.27 bits per heavy atom. The molecule has 0 aromatic rings. The molecule has 0 rings (SSSR count). The predicted octanol–water partition coefficient (Wildman–Crippen LogP) is 3.93. The van der Waals surface area contributed by atoms with E-state index in [0.717, 1.165) is 6.42 Å². The molecule has 0 saturated carbocycles. The van der Waals surface area contributed by atoms with Crippen LogP contribution in [-0.2, 0) is 0 Å². The lowest BCUT2D eigenvalue weighted by molar-refractivity contribution is -0.138. The van der Waals surface area contributed by atoms with Crippen molar-refractivity contribution >= 4 is 22.6 Å². The molecule has 0 saturated heterocycles. The third-order valence-electron chi connectivity index (χ3n) is 1.34. The van der Waals surface area contributed by atoms with E-state index in [-0.39, 0.29) is 0 Å². The van der Waals surface area contributed by atoms with Gasteiger partial charge in [0.2, 0.25) is 0 Å². The molecule has 68 valence electrons.